The molecule has 3 rings (SSSR count). The minimum atomic E-state index is 0.410. The first kappa shape index (κ1) is 11.4. The lowest BCUT2D eigenvalue weighted by molar-refractivity contribution is 0.0254. The molecule has 1 fully saturated rings. The second-order valence-electron chi connectivity index (χ2n) is 4.95. The molecule has 1 N–H and O–H groups in total. The Hall–Kier alpha value is -1.73. The maximum Gasteiger partial charge on any atom is 0.0992 e. The van der Waals surface area contributed by atoms with Gasteiger partial charge in [0.15, 0.2) is 0 Å². The van der Waals surface area contributed by atoms with Crippen LogP contribution in [0.4, 0.5) is 11.4 Å². The summed E-state index contributed by atoms with van der Waals surface area (Å²) in [6, 6.07) is 8.64. The second kappa shape index (κ2) is 4.51. The first-order valence-corrected chi connectivity index (χ1v) is 6.39. The molecule has 0 saturated heterocycles. The van der Waals surface area contributed by atoms with Crippen LogP contribution in [0.3, 0.4) is 0 Å². The molecule has 1 saturated carbocycles. The Labute approximate surface area is 107 Å². The van der Waals surface area contributed by atoms with Gasteiger partial charge in [0.25, 0.3) is 0 Å². The molecule has 1 aromatic carbocycles. The highest BCUT2D eigenvalue weighted by atomic mass is 16.5. The third-order valence-electron chi connectivity index (χ3n) is 3.95. The van der Waals surface area contributed by atoms with Crippen molar-refractivity contribution in [3.63, 3.8) is 0 Å². The number of methoxy groups -OCH3 is 1. The molecule has 1 aliphatic carbocycles. The van der Waals surface area contributed by atoms with Gasteiger partial charge in [-0.3, -0.25) is 0 Å². The zero-order valence-electron chi connectivity index (χ0n) is 10.5. The highest BCUT2D eigenvalue weighted by Crippen LogP contribution is 2.37. The quantitative estimate of drug-likeness (QED) is 0.862. The Balaban J connectivity index is 1.85. The van der Waals surface area contributed by atoms with Crippen molar-refractivity contribution in [2.75, 3.05) is 30.4 Å². The van der Waals surface area contributed by atoms with Crippen LogP contribution in [-0.4, -0.2) is 32.3 Å². The lowest BCUT2D eigenvalue weighted by atomic mass is 9.87. The van der Waals surface area contributed by atoms with Gasteiger partial charge in [0.2, 0.25) is 0 Å². The van der Waals surface area contributed by atoms with Gasteiger partial charge in [-0.05, 0) is 31.0 Å². The Morgan fingerprint density at radius 2 is 2.28 bits per heavy atom. The van der Waals surface area contributed by atoms with E-state index in [0.717, 1.165) is 37.2 Å². The van der Waals surface area contributed by atoms with E-state index in [4.69, 9.17) is 10.00 Å². The monoisotopic (exact) mass is 243 g/mol. The van der Waals surface area contributed by atoms with E-state index in [2.05, 4.69) is 16.3 Å². The number of benzene rings is 1. The van der Waals surface area contributed by atoms with E-state index >= 15 is 0 Å². The molecule has 1 aliphatic heterocycles. The molecule has 94 valence electrons. The summed E-state index contributed by atoms with van der Waals surface area (Å²) >= 11 is 0. The van der Waals surface area contributed by atoms with Gasteiger partial charge in [-0.15, -0.1) is 0 Å². The Morgan fingerprint density at radius 1 is 1.44 bits per heavy atom. The fourth-order valence-corrected chi connectivity index (χ4v) is 2.78. The molecule has 4 nitrogen and oxygen atoms in total. The van der Waals surface area contributed by atoms with Crippen LogP contribution in [-0.2, 0) is 4.74 Å². The SMILES string of the molecule is COC1CC(N2CCNc3ccc(C#N)cc32)C1. The number of fused-ring (bicyclic) bond motifs is 1. The summed E-state index contributed by atoms with van der Waals surface area (Å²) in [6.07, 6.45) is 2.59. The van der Waals surface area contributed by atoms with Crippen LogP contribution in [0.1, 0.15) is 18.4 Å². The van der Waals surface area contributed by atoms with Crippen molar-refractivity contribution in [1.82, 2.24) is 0 Å². The van der Waals surface area contributed by atoms with E-state index in [1.54, 1.807) is 7.11 Å². The van der Waals surface area contributed by atoms with E-state index in [9.17, 15) is 0 Å². The number of anilines is 2. The lowest BCUT2D eigenvalue weighted by Gasteiger charge is -2.46. The number of nitrogens with zero attached hydrogens (tertiary/aromatic N) is 2. The minimum Gasteiger partial charge on any atom is -0.382 e. The molecule has 0 unspecified atom stereocenters. The molecule has 0 amide bonds. The van der Waals surface area contributed by atoms with Gasteiger partial charge in [0, 0.05) is 26.2 Å². The van der Waals surface area contributed by atoms with Gasteiger partial charge in [-0.1, -0.05) is 0 Å². The van der Waals surface area contributed by atoms with Crippen LogP contribution in [0.25, 0.3) is 0 Å². The Morgan fingerprint density at radius 3 is 3.00 bits per heavy atom. The number of hydrogen-bond donors (Lipinski definition) is 1. The van der Waals surface area contributed by atoms with Crippen molar-refractivity contribution in [3.8, 4) is 6.07 Å². The van der Waals surface area contributed by atoms with E-state index in [0.29, 0.717) is 12.1 Å². The number of ether oxygens (including phenoxy) is 1. The van der Waals surface area contributed by atoms with E-state index in [-0.39, 0.29) is 0 Å². The van der Waals surface area contributed by atoms with Gasteiger partial charge in [-0.25, -0.2) is 0 Å². The summed E-state index contributed by atoms with van der Waals surface area (Å²) in [5.41, 5.74) is 3.03. The average Bonchev–Trinajstić information content (AvgIpc) is 2.37. The molecule has 4 heteroatoms. The number of rotatable bonds is 2. The van der Waals surface area contributed by atoms with Crippen LogP contribution in [0, 0.1) is 11.3 Å². The minimum absolute atomic E-state index is 0.410. The largest absolute Gasteiger partial charge is 0.382 e. The van der Waals surface area contributed by atoms with Crippen molar-refractivity contribution >= 4 is 11.4 Å². The van der Waals surface area contributed by atoms with Crippen LogP contribution >= 0.6 is 0 Å². The van der Waals surface area contributed by atoms with E-state index in [1.807, 2.05) is 18.2 Å². The predicted octanol–water partition coefficient (Wildman–Crippen LogP) is 1.97. The van der Waals surface area contributed by atoms with Gasteiger partial charge in [0.1, 0.15) is 0 Å². The predicted molar refractivity (Wildman–Crippen MR) is 70.8 cm³/mol. The topological polar surface area (TPSA) is 48.3 Å². The van der Waals surface area contributed by atoms with Crippen molar-refractivity contribution < 1.29 is 4.74 Å². The zero-order chi connectivity index (χ0) is 12.5. The fraction of sp³-hybridized carbons (Fsp3) is 0.500. The highest BCUT2D eigenvalue weighted by molar-refractivity contribution is 5.74. The van der Waals surface area contributed by atoms with Crippen molar-refractivity contribution in [3.05, 3.63) is 23.8 Å². The number of hydrogen-bond acceptors (Lipinski definition) is 4. The van der Waals surface area contributed by atoms with Crippen LogP contribution in [0.2, 0.25) is 0 Å². The van der Waals surface area contributed by atoms with E-state index in [1.165, 1.54) is 5.69 Å². The smallest absolute Gasteiger partial charge is 0.0992 e. The van der Waals surface area contributed by atoms with Gasteiger partial charge in [0.05, 0.1) is 29.1 Å². The molecule has 2 aliphatic rings. The summed E-state index contributed by atoms with van der Waals surface area (Å²) in [5.74, 6) is 0. The highest BCUT2D eigenvalue weighted by Gasteiger charge is 2.35. The first-order chi connectivity index (χ1) is 8.81. The molecular formula is C14H17N3O. The lowest BCUT2D eigenvalue weighted by Crippen LogP contribution is -2.51. The summed E-state index contributed by atoms with van der Waals surface area (Å²) in [6.45, 7) is 1.97. The summed E-state index contributed by atoms with van der Waals surface area (Å²) in [4.78, 5) is 2.42. The van der Waals surface area contributed by atoms with Crippen molar-refractivity contribution in [2.45, 2.75) is 25.0 Å². The van der Waals surface area contributed by atoms with Gasteiger partial charge in [-0.2, -0.15) is 5.26 Å². The van der Waals surface area contributed by atoms with Crippen molar-refractivity contribution in [1.29, 1.82) is 5.26 Å². The molecule has 0 bridgehead atoms. The molecule has 0 aromatic heterocycles. The van der Waals surface area contributed by atoms with Crippen LogP contribution in [0.15, 0.2) is 18.2 Å². The van der Waals surface area contributed by atoms with Crippen LogP contribution in [0.5, 0.6) is 0 Å². The molecule has 1 aromatic rings. The molecule has 1 heterocycles. The Kier molecular flexibility index (Phi) is 2.85. The van der Waals surface area contributed by atoms with Crippen molar-refractivity contribution in [2.24, 2.45) is 0 Å². The fourth-order valence-electron chi connectivity index (χ4n) is 2.78. The van der Waals surface area contributed by atoms with Gasteiger partial charge < -0.3 is 15.0 Å². The number of nitrogens with one attached hydrogen (secondary N) is 1. The molecule has 0 spiro atoms. The maximum atomic E-state index is 9.01. The molecule has 18 heavy (non-hydrogen) atoms. The summed E-state index contributed by atoms with van der Waals surface area (Å²) < 4.78 is 5.35. The third-order valence-corrected chi connectivity index (χ3v) is 3.95. The zero-order valence-corrected chi connectivity index (χ0v) is 10.5. The van der Waals surface area contributed by atoms with Gasteiger partial charge >= 0.3 is 0 Å². The standard InChI is InChI=1S/C14H17N3O/c1-18-12-7-11(8-12)17-5-4-16-13-3-2-10(9-15)6-14(13)17/h2-3,6,11-12,16H,4-5,7-8H2,1H3. The average molecular weight is 243 g/mol. The molecular weight excluding hydrogens is 226 g/mol. The Bertz CT molecular complexity index is 488. The molecule has 0 atom stereocenters. The third kappa shape index (κ3) is 1.81. The van der Waals surface area contributed by atoms with E-state index < -0.39 is 0 Å². The summed E-state index contributed by atoms with van der Waals surface area (Å²) in [7, 11) is 1.78. The molecule has 0 radical (unpaired) electrons. The second-order valence-corrected chi connectivity index (χ2v) is 4.95. The normalized spacial score (nSPS) is 25.7. The maximum absolute atomic E-state index is 9.01. The summed E-state index contributed by atoms with van der Waals surface area (Å²) in [5, 5.41) is 12.4. The number of nitriles is 1. The van der Waals surface area contributed by atoms with Crippen LogP contribution < -0.4 is 10.2 Å². The first-order valence-electron chi connectivity index (χ1n) is 6.39.